The second-order valence-corrected chi connectivity index (χ2v) is 2.93. The molecule has 0 spiro atoms. The predicted octanol–water partition coefficient (Wildman–Crippen LogP) is 1.14. The topological polar surface area (TPSA) is 67.9 Å². The Morgan fingerprint density at radius 1 is 1.53 bits per heavy atom. The molecule has 2 heterocycles. The van der Waals surface area contributed by atoms with E-state index in [-0.39, 0.29) is 5.97 Å². The second-order valence-electron chi connectivity index (χ2n) is 2.93. The monoisotopic (exact) mass is 203 g/mol. The van der Waals surface area contributed by atoms with Crippen molar-refractivity contribution in [3.8, 4) is 0 Å². The molecular weight excluding hydrogens is 194 g/mol. The van der Waals surface area contributed by atoms with E-state index >= 15 is 0 Å². The SMILES string of the molecule is COC(=O)C=Cc1cnc2cn[nH]c2c1. The number of hydrogen-bond donors (Lipinski definition) is 1. The number of H-pyrrole nitrogens is 1. The number of carbonyl (C=O) groups excluding carboxylic acids is 1. The maximum Gasteiger partial charge on any atom is 0.330 e. The van der Waals surface area contributed by atoms with E-state index in [4.69, 9.17) is 0 Å². The van der Waals surface area contributed by atoms with Crippen LogP contribution in [0.2, 0.25) is 0 Å². The van der Waals surface area contributed by atoms with Crippen LogP contribution in [-0.4, -0.2) is 28.3 Å². The minimum atomic E-state index is -0.389. The maximum absolute atomic E-state index is 10.8. The number of ether oxygens (including phenoxy) is 1. The summed E-state index contributed by atoms with van der Waals surface area (Å²) >= 11 is 0. The number of nitrogens with one attached hydrogen (secondary N) is 1. The van der Waals surface area contributed by atoms with Gasteiger partial charge in [-0.25, -0.2) is 4.79 Å². The highest BCUT2D eigenvalue weighted by Gasteiger charge is 1.97. The van der Waals surface area contributed by atoms with Crippen molar-refractivity contribution in [3.05, 3.63) is 30.1 Å². The van der Waals surface area contributed by atoms with Crippen molar-refractivity contribution in [1.82, 2.24) is 15.2 Å². The molecule has 0 aliphatic rings. The Morgan fingerprint density at radius 2 is 2.40 bits per heavy atom. The van der Waals surface area contributed by atoms with Crippen LogP contribution < -0.4 is 0 Å². The van der Waals surface area contributed by atoms with Crippen molar-refractivity contribution in [2.45, 2.75) is 0 Å². The van der Waals surface area contributed by atoms with E-state index in [1.165, 1.54) is 13.2 Å². The van der Waals surface area contributed by atoms with Crippen LogP contribution in [0.15, 0.2) is 24.5 Å². The molecule has 0 aliphatic heterocycles. The van der Waals surface area contributed by atoms with Gasteiger partial charge >= 0.3 is 5.97 Å². The Balaban J connectivity index is 2.28. The molecule has 1 N–H and O–H groups in total. The Hall–Kier alpha value is -2.17. The summed E-state index contributed by atoms with van der Waals surface area (Å²) in [5, 5.41) is 6.65. The van der Waals surface area contributed by atoms with E-state index < -0.39 is 0 Å². The fourth-order valence-corrected chi connectivity index (χ4v) is 1.17. The van der Waals surface area contributed by atoms with Gasteiger partial charge in [-0.15, -0.1) is 0 Å². The minimum absolute atomic E-state index is 0.389. The lowest BCUT2D eigenvalue weighted by Gasteiger charge is -1.93. The van der Waals surface area contributed by atoms with E-state index in [1.54, 1.807) is 18.5 Å². The van der Waals surface area contributed by atoms with Crippen LogP contribution in [0.1, 0.15) is 5.56 Å². The molecule has 0 bridgehead atoms. The predicted molar refractivity (Wildman–Crippen MR) is 54.9 cm³/mol. The summed E-state index contributed by atoms with van der Waals surface area (Å²) in [5.74, 6) is -0.389. The summed E-state index contributed by atoms with van der Waals surface area (Å²) in [5.41, 5.74) is 2.45. The lowest BCUT2D eigenvalue weighted by Crippen LogP contribution is -1.93. The highest BCUT2D eigenvalue weighted by atomic mass is 16.5. The van der Waals surface area contributed by atoms with E-state index in [0.717, 1.165) is 16.6 Å². The van der Waals surface area contributed by atoms with Gasteiger partial charge in [-0.1, -0.05) is 0 Å². The Morgan fingerprint density at radius 3 is 3.20 bits per heavy atom. The summed E-state index contributed by atoms with van der Waals surface area (Å²) in [6.07, 6.45) is 6.29. The first-order chi connectivity index (χ1) is 7.29. The number of aromatic nitrogens is 3. The van der Waals surface area contributed by atoms with Gasteiger partial charge in [0.05, 0.1) is 18.8 Å². The van der Waals surface area contributed by atoms with Crippen molar-refractivity contribution in [3.63, 3.8) is 0 Å². The van der Waals surface area contributed by atoms with Crippen LogP contribution in [0.4, 0.5) is 0 Å². The molecule has 0 radical (unpaired) electrons. The Labute approximate surface area is 85.8 Å². The summed E-state index contributed by atoms with van der Waals surface area (Å²) in [4.78, 5) is 15.0. The third-order valence-corrected chi connectivity index (χ3v) is 1.92. The molecule has 0 saturated carbocycles. The van der Waals surface area contributed by atoms with Gasteiger partial charge in [0.1, 0.15) is 5.52 Å². The lowest BCUT2D eigenvalue weighted by atomic mass is 10.2. The van der Waals surface area contributed by atoms with E-state index in [0.29, 0.717) is 0 Å². The minimum Gasteiger partial charge on any atom is -0.466 e. The number of carbonyl (C=O) groups is 1. The van der Waals surface area contributed by atoms with Crippen molar-refractivity contribution in [2.24, 2.45) is 0 Å². The van der Waals surface area contributed by atoms with Gasteiger partial charge in [0.25, 0.3) is 0 Å². The molecular formula is C10H9N3O2. The standard InChI is InChI=1S/C10H9N3O2/c1-15-10(14)3-2-7-4-8-9(11-5-7)6-12-13-8/h2-6H,1H3,(H,12,13). The number of esters is 1. The highest BCUT2D eigenvalue weighted by molar-refractivity contribution is 5.87. The smallest absolute Gasteiger partial charge is 0.330 e. The van der Waals surface area contributed by atoms with Crippen LogP contribution in [0.3, 0.4) is 0 Å². The summed E-state index contributed by atoms with van der Waals surface area (Å²) in [6, 6.07) is 1.86. The van der Waals surface area contributed by atoms with Gasteiger partial charge in [0.2, 0.25) is 0 Å². The van der Waals surface area contributed by atoms with Gasteiger partial charge in [0, 0.05) is 12.3 Å². The first-order valence-electron chi connectivity index (χ1n) is 4.35. The second kappa shape index (κ2) is 3.91. The molecule has 2 aromatic rings. The molecule has 15 heavy (non-hydrogen) atoms. The normalized spacial score (nSPS) is 11.0. The van der Waals surface area contributed by atoms with E-state index in [1.807, 2.05) is 6.07 Å². The molecule has 0 saturated heterocycles. The van der Waals surface area contributed by atoms with Gasteiger partial charge in [-0.2, -0.15) is 5.10 Å². The molecule has 5 heteroatoms. The molecule has 2 aromatic heterocycles. The molecule has 0 aromatic carbocycles. The quantitative estimate of drug-likeness (QED) is 0.587. The number of nitrogens with zero attached hydrogens (tertiary/aromatic N) is 2. The molecule has 0 fully saturated rings. The largest absolute Gasteiger partial charge is 0.466 e. The molecule has 76 valence electrons. The van der Waals surface area contributed by atoms with Gasteiger partial charge in [0.15, 0.2) is 0 Å². The van der Waals surface area contributed by atoms with E-state index in [9.17, 15) is 4.79 Å². The average Bonchev–Trinajstić information content (AvgIpc) is 2.72. The zero-order chi connectivity index (χ0) is 10.7. The Kier molecular flexibility index (Phi) is 2.45. The number of pyridine rings is 1. The van der Waals surface area contributed by atoms with Crippen LogP contribution in [0, 0.1) is 0 Å². The maximum atomic E-state index is 10.8. The van der Waals surface area contributed by atoms with Crippen molar-refractivity contribution < 1.29 is 9.53 Å². The zero-order valence-corrected chi connectivity index (χ0v) is 8.10. The van der Waals surface area contributed by atoms with Crippen LogP contribution in [0.25, 0.3) is 17.1 Å². The first kappa shape index (κ1) is 9.39. The third kappa shape index (κ3) is 2.01. The van der Waals surface area contributed by atoms with E-state index in [2.05, 4.69) is 19.9 Å². The molecule has 2 rings (SSSR count). The number of fused-ring (bicyclic) bond motifs is 1. The number of hydrogen-bond acceptors (Lipinski definition) is 4. The van der Waals surface area contributed by atoms with Crippen LogP contribution >= 0.6 is 0 Å². The third-order valence-electron chi connectivity index (χ3n) is 1.92. The fourth-order valence-electron chi connectivity index (χ4n) is 1.17. The van der Waals surface area contributed by atoms with Gasteiger partial charge in [-0.05, 0) is 17.7 Å². The van der Waals surface area contributed by atoms with Crippen molar-refractivity contribution in [2.75, 3.05) is 7.11 Å². The summed E-state index contributed by atoms with van der Waals surface area (Å²) < 4.78 is 4.48. The van der Waals surface area contributed by atoms with Crippen molar-refractivity contribution >= 4 is 23.1 Å². The van der Waals surface area contributed by atoms with Gasteiger partial charge in [-0.3, -0.25) is 10.1 Å². The number of rotatable bonds is 2. The fraction of sp³-hybridized carbons (Fsp3) is 0.100. The molecule has 0 amide bonds. The first-order valence-corrected chi connectivity index (χ1v) is 4.35. The molecule has 0 aliphatic carbocycles. The summed E-state index contributed by atoms with van der Waals surface area (Å²) in [7, 11) is 1.34. The molecule has 5 nitrogen and oxygen atoms in total. The van der Waals surface area contributed by atoms with Gasteiger partial charge < -0.3 is 4.74 Å². The highest BCUT2D eigenvalue weighted by Crippen LogP contribution is 2.10. The average molecular weight is 203 g/mol. The molecule has 0 atom stereocenters. The molecule has 0 unspecified atom stereocenters. The number of aromatic amines is 1. The Bertz CT molecular complexity index is 516. The van der Waals surface area contributed by atoms with Crippen LogP contribution in [0.5, 0.6) is 0 Å². The lowest BCUT2D eigenvalue weighted by molar-refractivity contribution is -0.134. The summed E-state index contributed by atoms with van der Waals surface area (Å²) in [6.45, 7) is 0. The van der Waals surface area contributed by atoms with Crippen molar-refractivity contribution in [1.29, 1.82) is 0 Å². The van der Waals surface area contributed by atoms with Crippen LogP contribution in [-0.2, 0) is 9.53 Å². The zero-order valence-electron chi connectivity index (χ0n) is 8.10. The number of methoxy groups -OCH3 is 1.